The lowest BCUT2D eigenvalue weighted by atomic mass is 9.97. The monoisotopic (exact) mass is 212 g/mol. The second kappa shape index (κ2) is 4.94. The molecule has 86 valence electrons. The molecule has 2 heterocycles. The molecule has 0 saturated carbocycles. The van der Waals surface area contributed by atoms with Crippen molar-refractivity contribution in [3.05, 3.63) is 0 Å². The largest absolute Gasteiger partial charge is 0.396 e. The zero-order chi connectivity index (χ0) is 10.7. The van der Waals surface area contributed by atoms with Crippen molar-refractivity contribution in [1.82, 2.24) is 10.2 Å². The van der Waals surface area contributed by atoms with Crippen molar-refractivity contribution in [2.24, 2.45) is 11.8 Å². The van der Waals surface area contributed by atoms with Crippen LogP contribution in [0.5, 0.6) is 0 Å². The number of carbonyl (C=O) groups is 1. The molecule has 2 unspecified atom stereocenters. The number of hydrogen-bond donors (Lipinski definition) is 2. The van der Waals surface area contributed by atoms with E-state index in [4.69, 9.17) is 5.11 Å². The first-order valence-corrected chi connectivity index (χ1v) is 5.91. The lowest BCUT2D eigenvalue weighted by Gasteiger charge is -2.33. The zero-order valence-electron chi connectivity index (χ0n) is 9.11. The molecule has 0 aromatic carbocycles. The van der Waals surface area contributed by atoms with E-state index in [0.717, 1.165) is 45.4 Å². The lowest BCUT2D eigenvalue weighted by Crippen LogP contribution is -2.44. The summed E-state index contributed by atoms with van der Waals surface area (Å²) in [5.41, 5.74) is 0. The van der Waals surface area contributed by atoms with Gasteiger partial charge in [0.05, 0.1) is 5.92 Å². The molecule has 2 N–H and O–H groups in total. The van der Waals surface area contributed by atoms with Gasteiger partial charge in [-0.25, -0.2) is 0 Å². The molecule has 0 spiro atoms. The predicted molar refractivity (Wildman–Crippen MR) is 57.4 cm³/mol. The van der Waals surface area contributed by atoms with Gasteiger partial charge < -0.3 is 15.3 Å². The number of nitrogens with one attached hydrogen (secondary N) is 1. The van der Waals surface area contributed by atoms with E-state index in [1.165, 1.54) is 0 Å². The van der Waals surface area contributed by atoms with Gasteiger partial charge in [-0.1, -0.05) is 0 Å². The molecule has 0 bridgehead atoms. The average Bonchev–Trinajstić information content (AvgIpc) is 2.81. The smallest absolute Gasteiger partial charge is 0.227 e. The molecule has 0 radical (unpaired) electrons. The summed E-state index contributed by atoms with van der Waals surface area (Å²) in [6.45, 7) is 3.65. The molecule has 4 heteroatoms. The van der Waals surface area contributed by atoms with E-state index in [1.807, 2.05) is 4.90 Å². The maximum Gasteiger partial charge on any atom is 0.227 e. The van der Waals surface area contributed by atoms with Crippen molar-refractivity contribution in [3.8, 4) is 0 Å². The highest BCUT2D eigenvalue weighted by atomic mass is 16.3. The van der Waals surface area contributed by atoms with Crippen molar-refractivity contribution in [2.75, 3.05) is 32.8 Å². The Balaban J connectivity index is 1.88. The van der Waals surface area contributed by atoms with Gasteiger partial charge in [-0.3, -0.25) is 4.79 Å². The van der Waals surface area contributed by atoms with Crippen LogP contribution in [0.4, 0.5) is 0 Å². The molecule has 2 rings (SSSR count). The number of nitrogens with zero attached hydrogens (tertiary/aromatic N) is 1. The van der Waals surface area contributed by atoms with Gasteiger partial charge in [0.1, 0.15) is 0 Å². The SMILES string of the molecule is O=C(C1CCNC1)N1CCCC(CO)C1. The van der Waals surface area contributed by atoms with Gasteiger partial charge in [0, 0.05) is 26.2 Å². The summed E-state index contributed by atoms with van der Waals surface area (Å²) in [5, 5.41) is 12.3. The molecule has 2 atom stereocenters. The molecule has 2 fully saturated rings. The Labute approximate surface area is 90.6 Å². The normalized spacial score (nSPS) is 31.9. The number of piperidine rings is 1. The van der Waals surface area contributed by atoms with Gasteiger partial charge in [0.2, 0.25) is 5.91 Å². The van der Waals surface area contributed by atoms with E-state index in [2.05, 4.69) is 5.32 Å². The number of aliphatic hydroxyl groups is 1. The van der Waals surface area contributed by atoms with E-state index >= 15 is 0 Å². The minimum Gasteiger partial charge on any atom is -0.396 e. The maximum atomic E-state index is 12.1. The Morgan fingerprint density at radius 1 is 1.47 bits per heavy atom. The number of carbonyl (C=O) groups excluding carboxylic acids is 1. The highest BCUT2D eigenvalue weighted by Crippen LogP contribution is 2.19. The Kier molecular flexibility index (Phi) is 3.59. The van der Waals surface area contributed by atoms with Crippen LogP contribution in [0.3, 0.4) is 0 Å². The fraction of sp³-hybridized carbons (Fsp3) is 0.909. The summed E-state index contributed by atoms with van der Waals surface area (Å²) >= 11 is 0. The van der Waals surface area contributed by atoms with Gasteiger partial charge >= 0.3 is 0 Å². The third kappa shape index (κ3) is 2.49. The molecule has 0 aliphatic carbocycles. The molecule has 0 aromatic rings. The highest BCUT2D eigenvalue weighted by Gasteiger charge is 2.30. The molecular formula is C11H20N2O2. The number of aliphatic hydroxyl groups excluding tert-OH is 1. The van der Waals surface area contributed by atoms with Crippen molar-refractivity contribution in [2.45, 2.75) is 19.3 Å². The van der Waals surface area contributed by atoms with Gasteiger partial charge in [0.15, 0.2) is 0 Å². The molecule has 2 aliphatic rings. The number of amides is 1. The van der Waals surface area contributed by atoms with Crippen molar-refractivity contribution < 1.29 is 9.90 Å². The molecule has 2 aliphatic heterocycles. The average molecular weight is 212 g/mol. The standard InChI is InChI=1S/C11H20N2O2/c14-8-9-2-1-5-13(7-9)11(15)10-3-4-12-6-10/h9-10,12,14H,1-8H2. The van der Waals surface area contributed by atoms with Crippen LogP contribution >= 0.6 is 0 Å². The van der Waals surface area contributed by atoms with Crippen LogP contribution < -0.4 is 5.32 Å². The summed E-state index contributed by atoms with van der Waals surface area (Å²) in [6.07, 6.45) is 3.07. The highest BCUT2D eigenvalue weighted by molar-refractivity contribution is 5.79. The van der Waals surface area contributed by atoms with Crippen LogP contribution in [-0.2, 0) is 4.79 Å². The minimum absolute atomic E-state index is 0.183. The maximum absolute atomic E-state index is 12.1. The Morgan fingerprint density at radius 3 is 3.00 bits per heavy atom. The van der Waals surface area contributed by atoms with Crippen LogP contribution in [0.15, 0.2) is 0 Å². The van der Waals surface area contributed by atoms with Crippen LogP contribution in [0.2, 0.25) is 0 Å². The molecule has 15 heavy (non-hydrogen) atoms. The second-order valence-electron chi connectivity index (χ2n) is 4.66. The van der Waals surface area contributed by atoms with Gasteiger partial charge in [0.25, 0.3) is 0 Å². The van der Waals surface area contributed by atoms with Crippen molar-refractivity contribution in [1.29, 1.82) is 0 Å². The number of likely N-dealkylation sites (tertiary alicyclic amines) is 1. The first-order chi connectivity index (χ1) is 7.31. The topological polar surface area (TPSA) is 52.6 Å². The van der Waals surface area contributed by atoms with Crippen LogP contribution in [0, 0.1) is 11.8 Å². The van der Waals surface area contributed by atoms with Gasteiger partial charge in [-0.2, -0.15) is 0 Å². The quantitative estimate of drug-likeness (QED) is 0.668. The van der Waals surface area contributed by atoms with E-state index in [-0.39, 0.29) is 18.4 Å². The fourth-order valence-corrected chi connectivity index (χ4v) is 2.54. The number of rotatable bonds is 2. The van der Waals surface area contributed by atoms with E-state index < -0.39 is 0 Å². The summed E-state index contributed by atoms with van der Waals surface area (Å²) in [7, 11) is 0. The molecular weight excluding hydrogens is 192 g/mol. The van der Waals surface area contributed by atoms with Gasteiger partial charge in [-0.15, -0.1) is 0 Å². The van der Waals surface area contributed by atoms with Crippen molar-refractivity contribution >= 4 is 5.91 Å². The summed E-state index contributed by atoms with van der Waals surface area (Å²) < 4.78 is 0. The molecule has 1 amide bonds. The molecule has 2 saturated heterocycles. The first kappa shape index (κ1) is 10.9. The predicted octanol–water partition coefficient (Wildman–Crippen LogP) is -0.173. The summed E-state index contributed by atoms with van der Waals surface area (Å²) in [6, 6.07) is 0. The van der Waals surface area contributed by atoms with Crippen LogP contribution in [-0.4, -0.2) is 48.7 Å². The van der Waals surface area contributed by atoms with E-state index in [9.17, 15) is 4.79 Å². The van der Waals surface area contributed by atoms with E-state index in [1.54, 1.807) is 0 Å². The Morgan fingerprint density at radius 2 is 2.33 bits per heavy atom. The van der Waals surface area contributed by atoms with Crippen molar-refractivity contribution in [3.63, 3.8) is 0 Å². The fourth-order valence-electron chi connectivity index (χ4n) is 2.54. The first-order valence-electron chi connectivity index (χ1n) is 5.91. The zero-order valence-corrected chi connectivity index (χ0v) is 9.11. The van der Waals surface area contributed by atoms with E-state index in [0.29, 0.717) is 5.92 Å². The third-order valence-electron chi connectivity index (χ3n) is 3.50. The number of hydrogen-bond acceptors (Lipinski definition) is 3. The molecule has 4 nitrogen and oxygen atoms in total. The summed E-state index contributed by atoms with van der Waals surface area (Å²) in [5.74, 6) is 0.776. The molecule has 0 aromatic heterocycles. The Bertz CT molecular complexity index is 227. The Hall–Kier alpha value is -0.610. The second-order valence-corrected chi connectivity index (χ2v) is 4.66. The lowest BCUT2D eigenvalue weighted by molar-refractivity contribution is -0.137. The summed E-state index contributed by atoms with van der Waals surface area (Å²) in [4.78, 5) is 14.0. The van der Waals surface area contributed by atoms with Gasteiger partial charge in [-0.05, 0) is 31.7 Å². The van der Waals surface area contributed by atoms with Crippen LogP contribution in [0.1, 0.15) is 19.3 Å². The van der Waals surface area contributed by atoms with Crippen LogP contribution in [0.25, 0.3) is 0 Å². The minimum atomic E-state index is 0.183. The third-order valence-corrected chi connectivity index (χ3v) is 3.50.